The van der Waals surface area contributed by atoms with Gasteiger partial charge in [-0.25, -0.2) is 8.42 Å². The van der Waals surface area contributed by atoms with Gasteiger partial charge in [0.15, 0.2) is 0 Å². The van der Waals surface area contributed by atoms with E-state index < -0.39 is 51.4 Å². The van der Waals surface area contributed by atoms with Crippen LogP contribution in [0.15, 0.2) is 23.1 Å². The third kappa shape index (κ3) is 4.77. The SMILES string of the molecule is C[C@@H](NS(=O)(=O)c1cccc2c1CN(C1CCC(=O)NC1=O)C2=O)C(=O)OC(C)(C)C. The number of amides is 3. The first-order chi connectivity index (χ1) is 14.3. The minimum atomic E-state index is -4.17. The minimum Gasteiger partial charge on any atom is -0.459 e. The van der Waals surface area contributed by atoms with Crippen molar-refractivity contribution in [2.75, 3.05) is 0 Å². The molecule has 168 valence electrons. The summed E-state index contributed by atoms with van der Waals surface area (Å²) in [4.78, 5) is 49.8. The summed E-state index contributed by atoms with van der Waals surface area (Å²) in [6.07, 6.45) is 0.261. The van der Waals surface area contributed by atoms with E-state index in [1.165, 1.54) is 30.0 Å². The zero-order chi connectivity index (χ0) is 23.1. The van der Waals surface area contributed by atoms with Crippen LogP contribution in [0.1, 0.15) is 56.5 Å². The molecule has 0 spiro atoms. The summed E-state index contributed by atoms with van der Waals surface area (Å²) in [5, 5.41) is 2.20. The highest BCUT2D eigenvalue weighted by Crippen LogP contribution is 2.31. The van der Waals surface area contributed by atoms with E-state index in [0.29, 0.717) is 0 Å². The fourth-order valence-electron chi connectivity index (χ4n) is 3.54. The summed E-state index contributed by atoms with van der Waals surface area (Å²) in [5.74, 6) is -2.21. The van der Waals surface area contributed by atoms with Crippen molar-refractivity contribution >= 4 is 33.7 Å². The third-order valence-electron chi connectivity index (χ3n) is 4.92. The number of sulfonamides is 1. The zero-order valence-corrected chi connectivity index (χ0v) is 18.5. The predicted octanol–water partition coefficient (Wildman–Crippen LogP) is 0.456. The smallest absolute Gasteiger partial charge is 0.324 e. The van der Waals surface area contributed by atoms with Crippen LogP contribution in [-0.2, 0) is 35.7 Å². The Morgan fingerprint density at radius 3 is 2.55 bits per heavy atom. The quantitative estimate of drug-likeness (QED) is 0.490. The normalized spacial score (nSPS) is 20.3. The number of hydrogen-bond acceptors (Lipinski definition) is 7. The molecule has 0 saturated carbocycles. The molecule has 3 rings (SSSR count). The summed E-state index contributed by atoms with van der Waals surface area (Å²) in [5.41, 5.74) is -0.377. The van der Waals surface area contributed by atoms with E-state index >= 15 is 0 Å². The second-order valence-electron chi connectivity index (χ2n) is 8.56. The van der Waals surface area contributed by atoms with E-state index in [0.717, 1.165) is 0 Å². The molecule has 1 saturated heterocycles. The number of rotatable bonds is 5. The Kier molecular flexibility index (Phi) is 5.94. The molecule has 1 fully saturated rings. The topological polar surface area (TPSA) is 139 Å². The van der Waals surface area contributed by atoms with Crippen LogP contribution in [0, 0.1) is 0 Å². The van der Waals surface area contributed by atoms with Crippen molar-refractivity contribution in [2.24, 2.45) is 0 Å². The van der Waals surface area contributed by atoms with E-state index in [2.05, 4.69) is 10.0 Å². The lowest BCUT2D eigenvalue weighted by Gasteiger charge is -2.29. The number of hydrogen-bond donors (Lipinski definition) is 2. The van der Waals surface area contributed by atoms with E-state index in [4.69, 9.17) is 4.74 Å². The van der Waals surface area contributed by atoms with Gasteiger partial charge in [-0.1, -0.05) is 6.07 Å². The number of fused-ring (bicyclic) bond motifs is 1. The molecule has 0 radical (unpaired) electrons. The predicted molar refractivity (Wildman–Crippen MR) is 108 cm³/mol. The molecule has 0 bridgehead atoms. The van der Waals surface area contributed by atoms with Gasteiger partial charge < -0.3 is 9.64 Å². The maximum absolute atomic E-state index is 13.0. The molecule has 0 aliphatic carbocycles. The second-order valence-corrected chi connectivity index (χ2v) is 10.2. The van der Waals surface area contributed by atoms with Crippen molar-refractivity contribution in [1.29, 1.82) is 0 Å². The van der Waals surface area contributed by atoms with Gasteiger partial charge in [0.1, 0.15) is 17.7 Å². The molecule has 10 nitrogen and oxygen atoms in total. The Balaban J connectivity index is 1.85. The second kappa shape index (κ2) is 8.04. The number of piperidine rings is 1. The van der Waals surface area contributed by atoms with Crippen LogP contribution in [0.25, 0.3) is 0 Å². The Bertz CT molecular complexity index is 1060. The summed E-state index contributed by atoms with van der Waals surface area (Å²) in [6, 6.07) is 2.24. The van der Waals surface area contributed by atoms with Crippen molar-refractivity contribution in [3.8, 4) is 0 Å². The number of carbonyl (C=O) groups is 4. The first kappa shape index (κ1) is 22.9. The van der Waals surface area contributed by atoms with Crippen LogP contribution < -0.4 is 10.0 Å². The van der Waals surface area contributed by atoms with Gasteiger partial charge in [0.2, 0.25) is 21.8 Å². The van der Waals surface area contributed by atoms with Crippen molar-refractivity contribution in [1.82, 2.24) is 14.9 Å². The lowest BCUT2D eigenvalue weighted by Crippen LogP contribution is -2.52. The van der Waals surface area contributed by atoms with Gasteiger partial charge in [-0.05, 0) is 46.2 Å². The summed E-state index contributed by atoms with van der Waals surface area (Å²) < 4.78 is 33.5. The van der Waals surface area contributed by atoms with Gasteiger partial charge in [-0.3, -0.25) is 24.5 Å². The Morgan fingerprint density at radius 2 is 1.94 bits per heavy atom. The Labute approximate surface area is 180 Å². The maximum atomic E-state index is 13.0. The molecule has 1 aromatic carbocycles. The summed E-state index contributed by atoms with van der Waals surface area (Å²) >= 11 is 0. The number of nitrogens with zero attached hydrogens (tertiary/aromatic N) is 1. The molecular weight excluding hydrogens is 426 g/mol. The number of carbonyl (C=O) groups excluding carboxylic acids is 4. The highest BCUT2D eigenvalue weighted by molar-refractivity contribution is 7.89. The molecule has 2 aliphatic rings. The van der Waals surface area contributed by atoms with Crippen LogP contribution in [0.5, 0.6) is 0 Å². The lowest BCUT2D eigenvalue weighted by atomic mass is 10.0. The van der Waals surface area contributed by atoms with E-state index in [1.807, 2.05) is 0 Å². The first-order valence-electron chi connectivity index (χ1n) is 9.82. The number of imide groups is 1. The molecular formula is C20H25N3O7S. The molecule has 0 aromatic heterocycles. The summed E-state index contributed by atoms with van der Waals surface area (Å²) in [7, 11) is -4.17. The maximum Gasteiger partial charge on any atom is 0.324 e. The van der Waals surface area contributed by atoms with Crippen LogP contribution in [-0.4, -0.2) is 54.7 Å². The van der Waals surface area contributed by atoms with Crippen LogP contribution in [0.2, 0.25) is 0 Å². The van der Waals surface area contributed by atoms with Gasteiger partial charge >= 0.3 is 5.97 Å². The van der Waals surface area contributed by atoms with Crippen molar-refractivity contribution in [2.45, 2.75) is 69.7 Å². The average molecular weight is 452 g/mol. The van der Waals surface area contributed by atoms with Crippen molar-refractivity contribution < 1.29 is 32.3 Å². The summed E-state index contributed by atoms with van der Waals surface area (Å²) in [6.45, 7) is 6.29. The van der Waals surface area contributed by atoms with Crippen LogP contribution in [0.4, 0.5) is 0 Å². The molecule has 1 aromatic rings. The van der Waals surface area contributed by atoms with Crippen LogP contribution >= 0.6 is 0 Å². The van der Waals surface area contributed by atoms with Crippen molar-refractivity contribution in [3.05, 3.63) is 29.3 Å². The standard InChI is InChI=1S/C20H25N3O7S/c1-11(19(27)30-20(2,3)4)22-31(28,29)15-7-5-6-12-13(15)10-23(18(12)26)14-8-9-16(24)21-17(14)25/h5-7,11,14,22H,8-10H2,1-4H3,(H,21,24,25)/t11-,14?/m1/s1. The molecule has 1 unspecified atom stereocenters. The first-order valence-corrected chi connectivity index (χ1v) is 11.3. The number of nitrogens with one attached hydrogen (secondary N) is 2. The zero-order valence-electron chi connectivity index (χ0n) is 17.7. The highest BCUT2D eigenvalue weighted by atomic mass is 32.2. The molecule has 2 heterocycles. The van der Waals surface area contributed by atoms with E-state index in [-0.39, 0.29) is 35.4 Å². The fraction of sp³-hybridized carbons (Fsp3) is 0.500. The number of benzene rings is 1. The molecule has 3 amide bonds. The largest absolute Gasteiger partial charge is 0.459 e. The van der Waals surface area contributed by atoms with E-state index in [9.17, 15) is 27.6 Å². The minimum absolute atomic E-state index is 0.0939. The molecule has 2 atom stereocenters. The molecule has 11 heteroatoms. The van der Waals surface area contributed by atoms with Crippen molar-refractivity contribution in [3.63, 3.8) is 0 Å². The molecule has 2 aliphatic heterocycles. The lowest BCUT2D eigenvalue weighted by molar-refractivity contribution is -0.156. The van der Waals surface area contributed by atoms with Gasteiger partial charge in [0, 0.05) is 24.1 Å². The third-order valence-corrected chi connectivity index (χ3v) is 6.55. The number of ether oxygens (including phenoxy) is 1. The average Bonchev–Trinajstić information content (AvgIpc) is 2.96. The van der Waals surface area contributed by atoms with Gasteiger partial charge in [0.25, 0.3) is 5.91 Å². The van der Waals surface area contributed by atoms with E-state index in [1.54, 1.807) is 20.8 Å². The van der Waals surface area contributed by atoms with Crippen LogP contribution in [0.3, 0.4) is 0 Å². The Hall–Kier alpha value is -2.79. The monoisotopic (exact) mass is 451 g/mol. The molecule has 2 N–H and O–H groups in total. The highest BCUT2D eigenvalue weighted by Gasteiger charge is 2.41. The number of esters is 1. The van der Waals surface area contributed by atoms with Gasteiger partial charge in [0.05, 0.1) is 4.90 Å². The van der Waals surface area contributed by atoms with Gasteiger partial charge in [-0.15, -0.1) is 0 Å². The fourth-order valence-corrected chi connectivity index (χ4v) is 4.99. The molecule has 31 heavy (non-hydrogen) atoms. The van der Waals surface area contributed by atoms with Gasteiger partial charge in [-0.2, -0.15) is 4.72 Å². The Morgan fingerprint density at radius 1 is 1.26 bits per heavy atom.